The zero-order valence-electron chi connectivity index (χ0n) is 13.2. The average molecular weight is 286 g/mol. The summed E-state index contributed by atoms with van der Waals surface area (Å²) in [6, 6.07) is 10.2. The van der Waals surface area contributed by atoms with Crippen LogP contribution in [0.3, 0.4) is 0 Å². The quantitative estimate of drug-likeness (QED) is 0.768. The summed E-state index contributed by atoms with van der Waals surface area (Å²) in [5.41, 5.74) is 1.96. The minimum atomic E-state index is 0.385. The average Bonchev–Trinajstić information content (AvgIpc) is 2.98. The number of nitriles is 1. The number of ether oxygens (including phenoxy) is 1. The summed E-state index contributed by atoms with van der Waals surface area (Å²) >= 11 is 0. The summed E-state index contributed by atoms with van der Waals surface area (Å²) in [4.78, 5) is 2.48. The highest BCUT2D eigenvalue weighted by Crippen LogP contribution is 2.16. The molecular weight excluding hydrogens is 260 g/mol. The number of hydrogen-bond donors (Lipinski definition) is 0. The molecule has 1 fully saturated rings. The van der Waals surface area contributed by atoms with Gasteiger partial charge in [0.05, 0.1) is 17.7 Å². The number of hydrogen-bond acceptors (Lipinski definition) is 3. The van der Waals surface area contributed by atoms with Gasteiger partial charge in [0.2, 0.25) is 0 Å². The van der Waals surface area contributed by atoms with Crippen molar-refractivity contribution in [3.63, 3.8) is 0 Å². The minimum absolute atomic E-state index is 0.385. The van der Waals surface area contributed by atoms with Crippen LogP contribution in [0.15, 0.2) is 24.3 Å². The summed E-state index contributed by atoms with van der Waals surface area (Å²) < 4.78 is 5.78. The van der Waals surface area contributed by atoms with E-state index in [4.69, 9.17) is 10.00 Å². The van der Waals surface area contributed by atoms with Gasteiger partial charge in [0.1, 0.15) is 0 Å². The molecule has 0 radical (unpaired) electrons. The van der Waals surface area contributed by atoms with Crippen LogP contribution in [0.2, 0.25) is 0 Å². The van der Waals surface area contributed by atoms with Crippen LogP contribution in [0.5, 0.6) is 0 Å². The molecule has 3 nitrogen and oxygen atoms in total. The normalized spacial score (nSPS) is 18.3. The van der Waals surface area contributed by atoms with Gasteiger partial charge in [-0.15, -0.1) is 0 Å². The highest BCUT2D eigenvalue weighted by atomic mass is 16.5. The van der Waals surface area contributed by atoms with E-state index >= 15 is 0 Å². The SMILES string of the molecule is CC(C)CCN(Cc1cccc(C#N)c1)CC1CCCO1. The van der Waals surface area contributed by atoms with Gasteiger partial charge in [-0.2, -0.15) is 5.26 Å². The van der Waals surface area contributed by atoms with Crippen LogP contribution in [0.1, 0.15) is 44.2 Å². The lowest BCUT2D eigenvalue weighted by Gasteiger charge is -2.26. The van der Waals surface area contributed by atoms with Crippen LogP contribution in [-0.2, 0) is 11.3 Å². The molecule has 0 saturated carbocycles. The highest BCUT2D eigenvalue weighted by Gasteiger charge is 2.19. The Morgan fingerprint density at radius 3 is 2.95 bits per heavy atom. The van der Waals surface area contributed by atoms with Crippen LogP contribution in [0.4, 0.5) is 0 Å². The second-order valence-corrected chi connectivity index (χ2v) is 6.36. The Morgan fingerprint density at radius 1 is 1.43 bits per heavy atom. The van der Waals surface area contributed by atoms with Gasteiger partial charge >= 0.3 is 0 Å². The molecule has 0 spiro atoms. The van der Waals surface area contributed by atoms with Gasteiger partial charge in [0.25, 0.3) is 0 Å². The summed E-state index contributed by atoms with van der Waals surface area (Å²) in [5.74, 6) is 0.711. The van der Waals surface area contributed by atoms with Crippen LogP contribution in [0.25, 0.3) is 0 Å². The van der Waals surface area contributed by atoms with Gasteiger partial charge < -0.3 is 4.74 Å². The van der Waals surface area contributed by atoms with Crippen molar-refractivity contribution in [2.45, 2.75) is 45.8 Å². The van der Waals surface area contributed by atoms with Crippen molar-refractivity contribution in [3.05, 3.63) is 35.4 Å². The first-order valence-electron chi connectivity index (χ1n) is 8.00. The van der Waals surface area contributed by atoms with Crippen LogP contribution in [0, 0.1) is 17.2 Å². The smallest absolute Gasteiger partial charge is 0.0991 e. The molecule has 21 heavy (non-hydrogen) atoms. The monoisotopic (exact) mass is 286 g/mol. The third-order valence-corrected chi connectivity index (χ3v) is 3.97. The maximum Gasteiger partial charge on any atom is 0.0991 e. The lowest BCUT2D eigenvalue weighted by atomic mass is 10.1. The molecule has 1 saturated heterocycles. The molecule has 0 amide bonds. The molecule has 1 heterocycles. The number of rotatable bonds is 7. The molecule has 1 atom stereocenters. The third-order valence-electron chi connectivity index (χ3n) is 3.97. The summed E-state index contributed by atoms with van der Waals surface area (Å²) in [5, 5.41) is 9.02. The molecule has 0 aliphatic carbocycles. The van der Waals surface area contributed by atoms with Gasteiger partial charge in [-0.3, -0.25) is 4.90 Å². The van der Waals surface area contributed by atoms with Gasteiger partial charge in [-0.05, 0) is 49.4 Å². The number of benzene rings is 1. The fourth-order valence-electron chi connectivity index (χ4n) is 2.75. The highest BCUT2D eigenvalue weighted by molar-refractivity contribution is 5.32. The molecule has 1 unspecified atom stereocenters. The van der Waals surface area contributed by atoms with Crippen molar-refractivity contribution in [2.24, 2.45) is 5.92 Å². The Morgan fingerprint density at radius 2 is 2.29 bits per heavy atom. The zero-order valence-corrected chi connectivity index (χ0v) is 13.2. The minimum Gasteiger partial charge on any atom is -0.377 e. The van der Waals surface area contributed by atoms with Gasteiger partial charge in [-0.25, -0.2) is 0 Å². The Hall–Kier alpha value is -1.37. The Kier molecular flexibility index (Phi) is 6.22. The van der Waals surface area contributed by atoms with E-state index in [1.807, 2.05) is 18.2 Å². The molecule has 114 valence electrons. The lowest BCUT2D eigenvalue weighted by molar-refractivity contribution is 0.0689. The predicted octanol–water partition coefficient (Wildman–Crippen LogP) is 3.59. The largest absolute Gasteiger partial charge is 0.377 e. The third kappa shape index (κ3) is 5.49. The maximum absolute atomic E-state index is 9.02. The summed E-state index contributed by atoms with van der Waals surface area (Å²) in [6.45, 7) is 8.44. The first-order valence-corrected chi connectivity index (χ1v) is 8.00. The first-order chi connectivity index (χ1) is 10.2. The fraction of sp³-hybridized carbons (Fsp3) is 0.611. The molecular formula is C18H26N2O. The zero-order chi connectivity index (χ0) is 15.1. The van der Waals surface area contributed by atoms with Crippen LogP contribution >= 0.6 is 0 Å². The molecule has 1 aliphatic rings. The molecule has 3 heteroatoms. The Bertz CT molecular complexity index is 472. The van der Waals surface area contributed by atoms with Crippen LogP contribution < -0.4 is 0 Å². The second-order valence-electron chi connectivity index (χ2n) is 6.36. The molecule has 0 aromatic heterocycles. The van der Waals surface area contributed by atoms with Crippen molar-refractivity contribution >= 4 is 0 Å². The van der Waals surface area contributed by atoms with Gasteiger partial charge in [-0.1, -0.05) is 26.0 Å². The standard InChI is InChI=1S/C18H26N2O/c1-15(2)8-9-20(14-18-7-4-10-21-18)13-17-6-3-5-16(11-17)12-19/h3,5-6,11,15,18H,4,7-10,13-14H2,1-2H3. The van der Waals surface area contributed by atoms with E-state index in [9.17, 15) is 0 Å². The van der Waals surface area contributed by atoms with Crippen molar-refractivity contribution in [1.82, 2.24) is 4.90 Å². The van der Waals surface area contributed by atoms with Gasteiger partial charge in [0, 0.05) is 19.7 Å². The van der Waals surface area contributed by atoms with E-state index in [1.165, 1.54) is 24.8 Å². The van der Waals surface area contributed by atoms with E-state index < -0.39 is 0 Å². The van der Waals surface area contributed by atoms with E-state index in [-0.39, 0.29) is 0 Å². The molecule has 1 aliphatic heterocycles. The number of nitrogens with zero attached hydrogens (tertiary/aromatic N) is 2. The lowest BCUT2D eigenvalue weighted by Crippen LogP contribution is -2.33. The first kappa shape index (κ1) is 16.0. The topological polar surface area (TPSA) is 36.3 Å². The summed E-state index contributed by atoms with van der Waals surface area (Å²) in [7, 11) is 0. The van der Waals surface area contributed by atoms with E-state index in [1.54, 1.807) is 0 Å². The van der Waals surface area contributed by atoms with E-state index in [2.05, 4.69) is 30.9 Å². The van der Waals surface area contributed by atoms with E-state index in [0.29, 0.717) is 12.0 Å². The fourth-order valence-corrected chi connectivity index (χ4v) is 2.75. The van der Waals surface area contributed by atoms with E-state index in [0.717, 1.165) is 31.8 Å². The molecule has 2 rings (SSSR count). The Balaban J connectivity index is 1.97. The molecule has 0 N–H and O–H groups in total. The van der Waals surface area contributed by atoms with Crippen molar-refractivity contribution in [3.8, 4) is 6.07 Å². The molecule has 0 bridgehead atoms. The molecule has 1 aromatic carbocycles. The van der Waals surface area contributed by atoms with Crippen LogP contribution in [-0.4, -0.2) is 30.7 Å². The Labute approximate surface area is 128 Å². The predicted molar refractivity (Wildman–Crippen MR) is 84.9 cm³/mol. The molecule has 1 aromatic rings. The van der Waals surface area contributed by atoms with Gasteiger partial charge in [0.15, 0.2) is 0 Å². The second kappa shape index (κ2) is 8.17. The van der Waals surface area contributed by atoms with Crippen molar-refractivity contribution in [2.75, 3.05) is 19.7 Å². The maximum atomic E-state index is 9.02. The van der Waals surface area contributed by atoms with Crippen molar-refractivity contribution in [1.29, 1.82) is 5.26 Å². The van der Waals surface area contributed by atoms with Crippen molar-refractivity contribution < 1.29 is 4.74 Å². The summed E-state index contributed by atoms with van der Waals surface area (Å²) in [6.07, 6.45) is 3.95.